The summed E-state index contributed by atoms with van der Waals surface area (Å²) in [4.78, 5) is 19.9. The van der Waals surface area contributed by atoms with Gasteiger partial charge in [-0.2, -0.15) is 0 Å². The molecule has 0 saturated heterocycles. The summed E-state index contributed by atoms with van der Waals surface area (Å²) >= 11 is 1.34. The van der Waals surface area contributed by atoms with Gasteiger partial charge in [-0.25, -0.2) is 14.8 Å². The van der Waals surface area contributed by atoms with Gasteiger partial charge < -0.3 is 10.2 Å². The van der Waals surface area contributed by atoms with Crippen LogP contribution >= 0.6 is 11.8 Å². The lowest BCUT2D eigenvalue weighted by Crippen LogP contribution is -2.09. The molecule has 0 saturated carbocycles. The van der Waals surface area contributed by atoms with Gasteiger partial charge in [0, 0.05) is 12.2 Å². The summed E-state index contributed by atoms with van der Waals surface area (Å²) in [5, 5.41) is 19.2. The quantitative estimate of drug-likeness (QED) is 0.652. The summed E-state index contributed by atoms with van der Waals surface area (Å²) in [7, 11) is 0. The summed E-state index contributed by atoms with van der Waals surface area (Å²) < 4.78 is 0. The van der Waals surface area contributed by atoms with E-state index in [0.29, 0.717) is 28.7 Å². The Balaban J connectivity index is 2.29. The Morgan fingerprint density at radius 3 is 2.71 bits per heavy atom. The average molecular weight is 304 g/mol. The third-order valence-electron chi connectivity index (χ3n) is 2.92. The number of carboxylic acids is 1. The standard InChI is InChI=1S/C15H16N2O3S/c1-3-12-16-9(2)13(15(19)20)14(17-12)21-8-10-5-4-6-11(18)7-10/h4-7,18H,3,8H2,1-2H3,(H,19,20). The molecule has 6 heteroatoms. The molecule has 2 N–H and O–H groups in total. The van der Waals surface area contributed by atoms with E-state index in [0.717, 1.165) is 5.56 Å². The molecule has 0 atom stereocenters. The van der Waals surface area contributed by atoms with Gasteiger partial charge in [-0.05, 0) is 24.6 Å². The third-order valence-corrected chi connectivity index (χ3v) is 3.97. The lowest BCUT2D eigenvalue weighted by Gasteiger charge is -2.09. The van der Waals surface area contributed by atoms with E-state index in [-0.39, 0.29) is 11.3 Å². The van der Waals surface area contributed by atoms with Crippen LogP contribution in [0.5, 0.6) is 5.75 Å². The Morgan fingerprint density at radius 2 is 2.10 bits per heavy atom. The maximum atomic E-state index is 11.4. The van der Waals surface area contributed by atoms with Gasteiger partial charge in [0.25, 0.3) is 0 Å². The smallest absolute Gasteiger partial charge is 0.340 e. The molecule has 0 radical (unpaired) electrons. The largest absolute Gasteiger partial charge is 0.508 e. The molecule has 0 aliphatic carbocycles. The Labute approximate surface area is 127 Å². The lowest BCUT2D eigenvalue weighted by atomic mass is 10.2. The van der Waals surface area contributed by atoms with Crippen LogP contribution in [-0.2, 0) is 12.2 Å². The van der Waals surface area contributed by atoms with Crippen molar-refractivity contribution in [3.05, 3.63) is 46.9 Å². The van der Waals surface area contributed by atoms with Gasteiger partial charge in [-0.15, -0.1) is 11.8 Å². The zero-order valence-electron chi connectivity index (χ0n) is 11.8. The lowest BCUT2D eigenvalue weighted by molar-refractivity contribution is 0.0690. The van der Waals surface area contributed by atoms with E-state index in [1.807, 2.05) is 13.0 Å². The SMILES string of the molecule is CCc1nc(C)c(C(=O)O)c(SCc2cccc(O)c2)n1. The van der Waals surface area contributed by atoms with Gasteiger partial charge in [-0.1, -0.05) is 19.1 Å². The molecule has 0 unspecified atom stereocenters. The zero-order valence-corrected chi connectivity index (χ0v) is 12.6. The molecule has 5 nitrogen and oxygen atoms in total. The predicted octanol–water partition coefficient (Wildman–Crippen LogP) is 3.04. The van der Waals surface area contributed by atoms with E-state index in [1.54, 1.807) is 25.1 Å². The monoisotopic (exact) mass is 304 g/mol. The minimum Gasteiger partial charge on any atom is -0.508 e. The first kappa shape index (κ1) is 15.3. The second-order valence-corrected chi connectivity index (χ2v) is 5.49. The van der Waals surface area contributed by atoms with E-state index >= 15 is 0 Å². The molecule has 21 heavy (non-hydrogen) atoms. The molecule has 0 bridgehead atoms. The van der Waals surface area contributed by atoms with Crippen molar-refractivity contribution < 1.29 is 15.0 Å². The summed E-state index contributed by atoms with van der Waals surface area (Å²) in [5.41, 5.74) is 1.54. The van der Waals surface area contributed by atoms with Crippen LogP contribution in [0.2, 0.25) is 0 Å². The second kappa shape index (κ2) is 6.58. The normalized spacial score (nSPS) is 10.6. The van der Waals surface area contributed by atoms with Gasteiger partial charge in [0.15, 0.2) is 0 Å². The highest BCUT2D eigenvalue weighted by molar-refractivity contribution is 7.98. The number of carbonyl (C=O) groups is 1. The van der Waals surface area contributed by atoms with E-state index in [2.05, 4.69) is 9.97 Å². The fourth-order valence-electron chi connectivity index (χ4n) is 1.91. The van der Waals surface area contributed by atoms with Gasteiger partial charge in [-0.3, -0.25) is 0 Å². The maximum absolute atomic E-state index is 11.4. The summed E-state index contributed by atoms with van der Waals surface area (Å²) in [6, 6.07) is 6.89. The fraction of sp³-hybridized carbons (Fsp3) is 0.267. The average Bonchev–Trinajstić information content (AvgIpc) is 2.44. The van der Waals surface area contributed by atoms with Crippen LogP contribution in [-0.4, -0.2) is 26.2 Å². The summed E-state index contributed by atoms with van der Waals surface area (Å²) in [6.07, 6.45) is 0.653. The first-order valence-electron chi connectivity index (χ1n) is 6.52. The Kier molecular flexibility index (Phi) is 4.80. The summed E-state index contributed by atoms with van der Waals surface area (Å²) in [6.45, 7) is 3.61. The van der Waals surface area contributed by atoms with Crippen LogP contribution in [0.15, 0.2) is 29.3 Å². The van der Waals surface area contributed by atoms with Crippen molar-refractivity contribution in [3.63, 3.8) is 0 Å². The third kappa shape index (κ3) is 3.72. The molecule has 1 aromatic carbocycles. The zero-order chi connectivity index (χ0) is 15.4. The van der Waals surface area contributed by atoms with Crippen LogP contribution in [0, 0.1) is 6.92 Å². The molecule has 0 amide bonds. The van der Waals surface area contributed by atoms with Gasteiger partial charge in [0.2, 0.25) is 0 Å². The van der Waals surface area contributed by atoms with Crippen molar-refractivity contribution in [1.29, 1.82) is 0 Å². The number of hydrogen-bond acceptors (Lipinski definition) is 5. The van der Waals surface area contributed by atoms with Crippen LogP contribution < -0.4 is 0 Å². The van der Waals surface area contributed by atoms with Crippen LogP contribution in [0.3, 0.4) is 0 Å². The highest BCUT2D eigenvalue weighted by atomic mass is 32.2. The molecule has 0 aliphatic rings. The Hall–Kier alpha value is -2.08. The predicted molar refractivity (Wildman–Crippen MR) is 80.8 cm³/mol. The van der Waals surface area contributed by atoms with E-state index in [1.165, 1.54) is 11.8 Å². The van der Waals surface area contributed by atoms with Gasteiger partial charge in [0.05, 0.1) is 5.69 Å². The van der Waals surface area contributed by atoms with Crippen molar-refractivity contribution in [2.45, 2.75) is 31.0 Å². The number of nitrogens with zero attached hydrogens (tertiary/aromatic N) is 2. The molecule has 2 aromatic rings. The van der Waals surface area contributed by atoms with Gasteiger partial charge >= 0.3 is 5.97 Å². The number of aryl methyl sites for hydroxylation is 2. The Bertz CT molecular complexity index is 674. The molecule has 110 valence electrons. The van der Waals surface area contributed by atoms with Crippen molar-refractivity contribution in [1.82, 2.24) is 9.97 Å². The van der Waals surface area contributed by atoms with Crippen LogP contribution in [0.1, 0.15) is 34.4 Å². The van der Waals surface area contributed by atoms with Crippen LogP contribution in [0.25, 0.3) is 0 Å². The van der Waals surface area contributed by atoms with Crippen molar-refractivity contribution in [3.8, 4) is 5.75 Å². The minimum absolute atomic E-state index is 0.150. The number of aromatic carboxylic acids is 1. The minimum atomic E-state index is -1.02. The first-order valence-corrected chi connectivity index (χ1v) is 7.51. The maximum Gasteiger partial charge on any atom is 0.340 e. The number of carboxylic acid groups (broad SMARTS) is 1. The molecule has 1 heterocycles. The number of aromatic nitrogens is 2. The van der Waals surface area contributed by atoms with Crippen molar-refractivity contribution >= 4 is 17.7 Å². The Morgan fingerprint density at radius 1 is 1.33 bits per heavy atom. The molecule has 0 fully saturated rings. The van der Waals surface area contributed by atoms with E-state index < -0.39 is 5.97 Å². The number of aromatic hydroxyl groups is 1. The molecular formula is C15H16N2O3S. The number of benzene rings is 1. The summed E-state index contributed by atoms with van der Waals surface area (Å²) in [5.74, 6) is 0.345. The number of phenolic OH excluding ortho intramolecular Hbond substituents is 1. The number of thioether (sulfide) groups is 1. The fourth-order valence-corrected chi connectivity index (χ4v) is 2.94. The highest BCUT2D eigenvalue weighted by Gasteiger charge is 2.18. The molecular weight excluding hydrogens is 288 g/mol. The van der Waals surface area contributed by atoms with Crippen molar-refractivity contribution in [2.24, 2.45) is 0 Å². The number of hydrogen-bond donors (Lipinski definition) is 2. The second-order valence-electron chi connectivity index (χ2n) is 4.52. The van der Waals surface area contributed by atoms with Crippen molar-refractivity contribution in [2.75, 3.05) is 0 Å². The molecule has 0 aliphatic heterocycles. The first-order chi connectivity index (χ1) is 10.0. The van der Waals surface area contributed by atoms with E-state index in [9.17, 15) is 15.0 Å². The van der Waals surface area contributed by atoms with Crippen LogP contribution in [0.4, 0.5) is 0 Å². The number of phenols is 1. The van der Waals surface area contributed by atoms with E-state index in [4.69, 9.17) is 0 Å². The number of rotatable bonds is 5. The molecule has 0 spiro atoms. The molecule has 2 rings (SSSR count). The van der Waals surface area contributed by atoms with Gasteiger partial charge in [0.1, 0.15) is 22.2 Å². The molecule has 1 aromatic heterocycles. The highest BCUT2D eigenvalue weighted by Crippen LogP contribution is 2.27. The topological polar surface area (TPSA) is 83.3 Å².